The van der Waals surface area contributed by atoms with Gasteiger partial charge in [-0.2, -0.15) is 5.01 Å². The summed E-state index contributed by atoms with van der Waals surface area (Å²) in [6.45, 7) is 5.62. The summed E-state index contributed by atoms with van der Waals surface area (Å²) in [6, 6.07) is 23.8. The minimum atomic E-state index is -1.32. The van der Waals surface area contributed by atoms with E-state index >= 15 is 0 Å². The molecule has 0 aliphatic carbocycles. The number of carbonyl (C=O) groups excluding carboxylic acids is 2. The van der Waals surface area contributed by atoms with Gasteiger partial charge in [-0.25, -0.2) is 23.6 Å². The molecule has 2 atom stereocenters. The Morgan fingerprint density at radius 1 is 0.881 bits per heavy atom. The van der Waals surface area contributed by atoms with Crippen LogP contribution in [0.25, 0.3) is 32.9 Å². The average Bonchev–Trinajstić information content (AvgIpc) is 3.67. The fourth-order valence-corrected chi connectivity index (χ4v) is 6.97. The number of hydrogen-bond donors (Lipinski definition) is 4. The number of hydrogen-bond acceptors (Lipinski definition) is 7. The van der Waals surface area contributed by atoms with Crippen molar-refractivity contribution < 1.29 is 43.3 Å². The highest BCUT2D eigenvalue weighted by atomic mass is 35.5. The molecule has 1 fully saturated rings. The molecule has 2 unspecified atom stereocenters. The van der Waals surface area contributed by atoms with Crippen LogP contribution in [-0.4, -0.2) is 74.0 Å². The molecule has 12 nitrogen and oxygen atoms in total. The molecule has 3 heterocycles. The molecule has 5 aromatic carbocycles. The van der Waals surface area contributed by atoms with Gasteiger partial charge in [0.2, 0.25) is 5.96 Å². The Balaban J connectivity index is 0.000000150. The number of rotatable bonds is 6. The first kappa shape index (κ1) is 41.8. The summed E-state index contributed by atoms with van der Waals surface area (Å²) in [7, 11) is 3.64. The van der Waals surface area contributed by atoms with Crippen LogP contribution < -0.4 is 5.01 Å². The summed E-state index contributed by atoms with van der Waals surface area (Å²) in [4.78, 5) is 56.9. The molecule has 4 N–H and O–H groups in total. The number of nitrogens with zero attached hydrogens (tertiary/aromatic N) is 4. The normalized spacial score (nSPS) is 14.8. The third-order valence-corrected chi connectivity index (χ3v) is 10.1. The number of H-pyrrole nitrogens is 1. The van der Waals surface area contributed by atoms with E-state index < -0.39 is 41.2 Å². The lowest BCUT2D eigenvalue weighted by molar-refractivity contribution is -0.138. The van der Waals surface area contributed by atoms with Gasteiger partial charge in [-0.3, -0.25) is 14.4 Å². The largest absolute Gasteiger partial charge is 0.507 e. The smallest absolute Gasteiger partial charge is 0.339 e. The highest BCUT2D eigenvalue weighted by Crippen LogP contribution is 2.40. The van der Waals surface area contributed by atoms with E-state index in [0.29, 0.717) is 34.8 Å². The van der Waals surface area contributed by atoms with E-state index in [-0.39, 0.29) is 28.5 Å². The van der Waals surface area contributed by atoms with Crippen LogP contribution in [0.15, 0.2) is 96.0 Å². The summed E-state index contributed by atoms with van der Waals surface area (Å²) < 4.78 is 26.3. The molecule has 15 heteroatoms. The summed E-state index contributed by atoms with van der Waals surface area (Å²) >= 11 is 6.01. The van der Waals surface area contributed by atoms with Gasteiger partial charge in [0.1, 0.15) is 28.9 Å². The van der Waals surface area contributed by atoms with Crippen molar-refractivity contribution in [3.8, 4) is 16.9 Å². The molecule has 0 saturated carbocycles. The Hall–Kier alpha value is -6.80. The van der Waals surface area contributed by atoms with E-state index in [1.54, 1.807) is 11.8 Å². The van der Waals surface area contributed by atoms with Crippen molar-refractivity contribution in [1.29, 1.82) is 0 Å². The van der Waals surface area contributed by atoms with Crippen molar-refractivity contribution in [1.82, 2.24) is 14.9 Å². The van der Waals surface area contributed by atoms with Crippen molar-refractivity contribution in [2.75, 3.05) is 19.1 Å². The molecular weight excluding hydrogens is 784 g/mol. The zero-order valence-corrected chi connectivity index (χ0v) is 33.4. The van der Waals surface area contributed by atoms with Gasteiger partial charge in [0, 0.05) is 52.6 Å². The number of carbonyl (C=O) groups is 4. The van der Waals surface area contributed by atoms with E-state index in [0.717, 1.165) is 57.6 Å². The number of carboxylic acids is 2. The van der Waals surface area contributed by atoms with Crippen molar-refractivity contribution in [3.05, 3.63) is 124 Å². The molecule has 2 amide bonds. The molecule has 2 aliphatic heterocycles. The lowest BCUT2D eigenvalue weighted by Crippen LogP contribution is -2.52. The Labute approximate surface area is 342 Å². The van der Waals surface area contributed by atoms with Gasteiger partial charge in [0.15, 0.2) is 0 Å². The van der Waals surface area contributed by atoms with Gasteiger partial charge < -0.3 is 25.2 Å². The number of aliphatic carboxylic acids is 1. The van der Waals surface area contributed by atoms with Crippen molar-refractivity contribution in [2.45, 2.75) is 39.5 Å². The number of aromatic amines is 1. The number of aromatic carboxylic acids is 1. The first-order chi connectivity index (χ1) is 28.0. The number of amides is 2. The molecule has 1 aromatic heterocycles. The zero-order valence-electron chi connectivity index (χ0n) is 32.6. The maximum atomic E-state index is 13.5. The van der Waals surface area contributed by atoms with Gasteiger partial charge in [0.25, 0.3) is 11.8 Å². The first-order valence-electron chi connectivity index (χ1n) is 18.5. The van der Waals surface area contributed by atoms with Crippen molar-refractivity contribution in [3.63, 3.8) is 0 Å². The minimum absolute atomic E-state index is 0.0684. The van der Waals surface area contributed by atoms with E-state index in [4.69, 9.17) is 21.8 Å². The van der Waals surface area contributed by atoms with Crippen molar-refractivity contribution in [2.24, 2.45) is 10.9 Å². The second-order valence-electron chi connectivity index (χ2n) is 14.3. The highest BCUT2D eigenvalue weighted by molar-refractivity contribution is 6.31. The topological polar surface area (TPSA) is 167 Å². The summed E-state index contributed by atoms with van der Waals surface area (Å²) in [5.41, 5.74) is 5.13. The number of benzene rings is 5. The summed E-state index contributed by atoms with van der Waals surface area (Å²) in [5, 5.41) is 32.9. The van der Waals surface area contributed by atoms with Crippen LogP contribution in [0.4, 0.5) is 20.2 Å². The van der Waals surface area contributed by atoms with E-state index in [1.165, 1.54) is 22.2 Å². The predicted molar refractivity (Wildman–Crippen MR) is 222 cm³/mol. The Bertz CT molecular complexity index is 2680. The molecule has 6 aromatic rings. The molecule has 0 bridgehead atoms. The van der Waals surface area contributed by atoms with Crippen LogP contribution in [0, 0.1) is 24.5 Å². The Morgan fingerprint density at radius 3 is 2.27 bits per heavy atom. The second-order valence-corrected chi connectivity index (χ2v) is 14.7. The fourth-order valence-electron chi connectivity index (χ4n) is 6.79. The van der Waals surface area contributed by atoms with Gasteiger partial charge in [-0.15, -0.1) is 0 Å². The number of aliphatic imine (C=N–C) groups is 1. The average molecular weight is 824 g/mol. The van der Waals surface area contributed by atoms with Crippen molar-refractivity contribution >= 4 is 74.5 Å². The zero-order chi connectivity index (χ0) is 42.9. The van der Waals surface area contributed by atoms with Crippen LogP contribution in [0.2, 0.25) is 5.02 Å². The second kappa shape index (κ2) is 17.0. The SMILES string of the molecule is CC(C(=O)O)c1ccc2c(c1)[nH]c1ccc(Cl)cc12.CCCC1C(=O)N2C(N(C)C)=Nc3ccc(C)cc3N2C1=O.O=C(O)c1cc(-c2ccc(F)cc2F)ccc1O. The summed E-state index contributed by atoms with van der Waals surface area (Å²) in [5.74, 6) is -5.05. The standard InChI is InChI=1S/C16H20N4O2.C15H12ClNO2.C13H8F2O3/c1-5-6-11-14(21)19-13-9-10(2)7-8-12(13)17-16(18(3)4)20(19)15(11)22;1-8(15(18)19)9-2-4-11-12-7-10(16)3-5-13(12)17-14(11)6-9;14-8-2-3-9(11(15)6-8)7-1-4-12(16)10(5-7)13(17)18/h7-9,11H,5-6H2,1-4H3;2-8,17H,1H3,(H,18,19);1-6,16H,(H,17,18). The Kier molecular flexibility index (Phi) is 12.0. The molecule has 59 heavy (non-hydrogen) atoms. The van der Waals surface area contributed by atoms with E-state index in [9.17, 15) is 33.1 Å². The van der Waals surface area contributed by atoms with Crippen LogP contribution in [0.3, 0.4) is 0 Å². The monoisotopic (exact) mass is 823 g/mol. The maximum absolute atomic E-state index is 13.5. The first-order valence-corrected chi connectivity index (χ1v) is 18.9. The van der Waals surface area contributed by atoms with Gasteiger partial charge >= 0.3 is 11.9 Å². The van der Waals surface area contributed by atoms with E-state index in [1.807, 2.05) is 82.5 Å². The number of aryl methyl sites for hydroxylation is 1. The number of nitrogens with one attached hydrogen (secondary N) is 1. The number of hydrazine groups is 1. The lowest BCUT2D eigenvalue weighted by atomic mass is 10.00. The van der Waals surface area contributed by atoms with Crippen LogP contribution in [0.1, 0.15) is 54.1 Å². The predicted octanol–water partition coefficient (Wildman–Crippen LogP) is 9.26. The number of carboxylic acid groups (broad SMARTS) is 2. The Morgan fingerprint density at radius 2 is 1.61 bits per heavy atom. The third-order valence-electron chi connectivity index (χ3n) is 9.88. The number of phenols is 1. The van der Waals surface area contributed by atoms with Gasteiger partial charge in [0.05, 0.1) is 17.3 Å². The van der Waals surface area contributed by atoms with Crippen LogP contribution in [-0.2, 0) is 14.4 Å². The molecule has 8 rings (SSSR count). The quantitative estimate of drug-likeness (QED) is 0.121. The van der Waals surface area contributed by atoms with Gasteiger partial charge in [-0.1, -0.05) is 49.2 Å². The van der Waals surface area contributed by atoms with E-state index in [2.05, 4.69) is 9.98 Å². The molecule has 1 saturated heterocycles. The maximum Gasteiger partial charge on any atom is 0.339 e. The van der Waals surface area contributed by atoms with Gasteiger partial charge in [-0.05, 0) is 97.6 Å². The molecular formula is C44H40ClF2N5O7. The number of anilines is 1. The number of guanidine groups is 1. The molecule has 0 spiro atoms. The van der Waals surface area contributed by atoms with Crippen LogP contribution >= 0.6 is 11.6 Å². The number of aromatic nitrogens is 1. The number of halogens is 3. The lowest BCUT2D eigenvalue weighted by Gasteiger charge is -2.35. The third kappa shape index (κ3) is 8.44. The fraction of sp³-hybridized carbons (Fsp3) is 0.205. The minimum Gasteiger partial charge on any atom is -0.507 e. The summed E-state index contributed by atoms with van der Waals surface area (Å²) in [6.07, 6.45) is 1.35. The highest BCUT2D eigenvalue weighted by Gasteiger charge is 2.50. The van der Waals surface area contributed by atoms with Crippen LogP contribution in [0.5, 0.6) is 5.75 Å². The number of fused-ring (bicyclic) bond motifs is 6. The number of aromatic hydroxyl groups is 1. The molecule has 0 radical (unpaired) electrons. The molecule has 304 valence electrons. The molecule has 2 aliphatic rings.